The third-order valence-corrected chi connectivity index (χ3v) is 6.40. The van der Waals surface area contributed by atoms with Crippen molar-refractivity contribution < 1.29 is 14.3 Å². The number of rotatable bonds is 7. The van der Waals surface area contributed by atoms with Crippen LogP contribution < -0.4 is 9.47 Å². The van der Waals surface area contributed by atoms with E-state index in [0.717, 1.165) is 11.1 Å². The van der Waals surface area contributed by atoms with Crippen LogP contribution in [0.1, 0.15) is 25.0 Å². The molecule has 3 aromatic carbocycles. The fourth-order valence-electron chi connectivity index (χ4n) is 3.50. The fraction of sp³-hybridized carbons (Fsp3) is 0.200. The standard InChI is InChI=1S/C25H23NO3S2/c1-3-26-24(27)23(31-25(26)30)15-17-12-13-21(22(14-17)28-4-2)29-16-19-10-7-9-18-8-5-6-11-20(18)19/h5-15H,3-4,16H2,1-2H3/b23-15-. The van der Waals surface area contributed by atoms with Gasteiger partial charge >= 0.3 is 0 Å². The monoisotopic (exact) mass is 449 g/mol. The van der Waals surface area contributed by atoms with Gasteiger partial charge in [0.2, 0.25) is 0 Å². The number of thioether (sulfide) groups is 1. The van der Waals surface area contributed by atoms with E-state index in [2.05, 4.69) is 24.3 Å². The molecule has 1 heterocycles. The molecule has 0 radical (unpaired) electrons. The Labute approximate surface area is 191 Å². The number of hydrogen-bond acceptors (Lipinski definition) is 5. The zero-order valence-corrected chi connectivity index (χ0v) is 19.1. The molecule has 0 N–H and O–H groups in total. The molecule has 31 heavy (non-hydrogen) atoms. The minimum absolute atomic E-state index is 0.0493. The average Bonchev–Trinajstić information content (AvgIpc) is 3.05. The van der Waals surface area contributed by atoms with Gasteiger partial charge in [0.05, 0.1) is 11.5 Å². The van der Waals surface area contributed by atoms with Gasteiger partial charge in [0.1, 0.15) is 10.9 Å². The Morgan fingerprint density at radius 1 is 1.00 bits per heavy atom. The maximum absolute atomic E-state index is 12.5. The van der Waals surface area contributed by atoms with Crippen molar-refractivity contribution in [3.8, 4) is 11.5 Å². The van der Waals surface area contributed by atoms with Crippen LogP contribution in [0.15, 0.2) is 65.6 Å². The van der Waals surface area contributed by atoms with E-state index >= 15 is 0 Å². The summed E-state index contributed by atoms with van der Waals surface area (Å²) in [5, 5.41) is 2.37. The van der Waals surface area contributed by atoms with Gasteiger partial charge in [-0.3, -0.25) is 9.69 Å². The van der Waals surface area contributed by atoms with E-state index < -0.39 is 0 Å². The molecule has 0 spiro atoms. The Morgan fingerprint density at radius 3 is 2.58 bits per heavy atom. The van der Waals surface area contributed by atoms with Crippen LogP contribution in [0.25, 0.3) is 16.8 Å². The molecule has 3 aromatic rings. The molecule has 0 aliphatic carbocycles. The summed E-state index contributed by atoms with van der Waals surface area (Å²) in [6.45, 7) is 5.39. The van der Waals surface area contributed by atoms with Gasteiger partial charge in [0.25, 0.3) is 5.91 Å². The molecule has 0 bridgehead atoms. The summed E-state index contributed by atoms with van der Waals surface area (Å²) in [5.41, 5.74) is 1.99. The first-order valence-electron chi connectivity index (χ1n) is 10.2. The lowest BCUT2D eigenvalue weighted by Crippen LogP contribution is -2.27. The third kappa shape index (κ3) is 4.60. The quantitative estimate of drug-likeness (QED) is 0.325. The van der Waals surface area contributed by atoms with E-state index in [0.29, 0.717) is 40.5 Å². The van der Waals surface area contributed by atoms with Gasteiger partial charge in [-0.05, 0) is 54.0 Å². The van der Waals surface area contributed by atoms with Crippen LogP contribution in [0, 0.1) is 0 Å². The molecule has 0 unspecified atom stereocenters. The third-order valence-electron chi connectivity index (χ3n) is 5.02. The number of thiocarbonyl (C=S) groups is 1. The van der Waals surface area contributed by atoms with Gasteiger partial charge in [0.15, 0.2) is 11.5 Å². The molecular weight excluding hydrogens is 426 g/mol. The normalized spacial score (nSPS) is 15.2. The van der Waals surface area contributed by atoms with Crippen molar-refractivity contribution in [1.29, 1.82) is 0 Å². The maximum Gasteiger partial charge on any atom is 0.266 e. The van der Waals surface area contributed by atoms with Crippen molar-refractivity contribution in [3.63, 3.8) is 0 Å². The molecule has 4 rings (SSSR count). The summed E-state index contributed by atoms with van der Waals surface area (Å²) < 4.78 is 12.6. The van der Waals surface area contributed by atoms with Crippen molar-refractivity contribution in [2.24, 2.45) is 0 Å². The SMILES string of the molecule is CCOc1cc(/C=C2\SC(=S)N(CC)C2=O)ccc1OCc1cccc2ccccc12. The number of fused-ring (bicyclic) bond motifs is 1. The molecule has 4 nitrogen and oxygen atoms in total. The summed E-state index contributed by atoms with van der Waals surface area (Å²) in [4.78, 5) is 14.7. The van der Waals surface area contributed by atoms with E-state index in [4.69, 9.17) is 21.7 Å². The molecule has 1 amide bonds. The van der Waals surface area contributed by atoms with Crippen molar-refractivity contribution in [2.75, 3.05) is 13.2 Å². The number of carbonyl (C=O) groups is 1. The summed E-state index contributed by atoms with van der Waals surface area (Å²) in [6.07, 6.45) is 1.85. The highest BCUT2D eigenvalue weighted by atomic mass is 32.2. The number of amides is 1. The first-order chi connectivity index (χ1) is 15.1. The molecule has 0 atom stereocenters. The largest absolute Gasteiger partial charge is 0.490 e. The lowest BCUT2D eigenvalue weighted by atomic mass is 10.1. The summed E-state index contributed by atoms with van der Waals surface area (Å²) in [7, 11) is 0. The molecule has 0 saturated carbocycles. The molecule has 1 aliphatic rings. The van der Waals surface area contributed by atoms with Crippen molar-refractivity contribution in [2.45, 2.75) is 20.5 Å². The number of carbonyl (C=O) groups excluding carboxylic acids is 1. The van der Waals surface area contributed by atoms with E-state index in [1.165, 1.54) is 22.5 Å². The fourth-order valence-corrected chi connectivity index (χ4v) is 4.88. The number of nitrogens with zero attached hydrogens (tertiary/aromatic N) is 1. The number of ether oxygens (including phenoxy) is 2. The van der Waals surface area contributed by atoms with Gasteiger partial charge in [-0.25, -0.2) is 0 Å². The lowest BCUT2D eigenvalue weighted by molar-refractivity contribution is -0.121. The van der Waals surface area contributed by atoms with Crippen LogP contribution in [-0.4, -0.2) is 28.3 Å². The van der Waals surface area contributed by atoms with Crippen molar-refractivity contribution in [3.05, 3.63) is 76.7 Å². The first kappa shape index (κ1) is 21.4. The number of benzene rings is 3. The van der Waals surface area contributed by atoms with Gasteiger partial charge < -0.3 is 9.47 Å². The lowest BCUT2D eigenvalue weighted by Gasteiger charge is -2.14. The molecular formula is C25H23NO3S2. The van der Waals surface area contributed by atoms with E-state index in [9.17, 15) is 4.79 Å². The summed E-state index contributed by atoms with van der Waals surface area (Å²) in [5.74, 6) is 1.28. The Balaban J connectivity index is 1.57. The zero-order valence-electron chi connectivity index (χ0n) is 17.5. The Hall–Kier alpha value is -2.83. The highest BCUT2D eigenvalue weighted by molar-refractivity contribution is 8.26. The Morgan fingerprint density at radius 2 is 1.81 bits per heavy atom. The second-order valence-electron chi connectivity index (χ2n) is 6.99. The number of likely N-dealkylation sites (N-methyl/N-ethyl adjacent to an activating group) is 1. The maximum atomic E-state index is 12.5. The van der Waals surface area contributed by atoms with Gasteiger partial charge in [-0.15, -0.1) is 0 Å². The average molecular weight is 450 g/mol. The predicted molar refractivity (Wildman–Crippen MR) is 131 cm³/mol. The van der Waals surface area contributed by atoms with Crippen molar-refractivity contribution >= 4 is 51.1 Å². The van der Waals surface area contributed by atoms with Gasteiger partial charge in [-0.1, -0.05) is 72.5 Å². The van der Waals surface area contributed by atoms with Crippen LogP contribution in [0.3, 0.4) is 0 Å². The van der Waals surface area contributed by atoms with Crippen LogP contribution in [0.5, 0.6) is 11.5 Å². The van der Waals surface area contributed by atoms with E-state index in [1.807, 2.05) is 56.3 Å². The summed E-state index contributed by atoms with van der Waals surface area (Å²) >= 11 is 6.63. The van der Waals surface area contributed by atoms with Crippen LogP contribution in [0.2, 0.25) is 0 Å². The molecule has 158 valence electrons. The first-order valence-corrected chi connectivity index (χ1v) is 11.4. The van der Waals surface area contributed by atoms with Gasteiger partial charge in [0, 0.05) is 6.54 Å². The molecule has 0 aromatic heterocycles. The topological polar surface area (TPSA) is 38.8 Å². The Kier molecular flexibility index (Phi) is 6.59. The minimum atomic E-state index is -0.0493. The van der Waals surface area contributed by atoms with E-state index in [-0.39, 0.29) is 5.91 Å². The highest BCUT2D eigenvalue weighted by Crippen LogP contribution is 2.35. The predicted octanol–water partition coefficient (Wildman–Crippen LogP) is 6.04. The van der Waals surface area contributed by atoms with Crippen LogP contribution in [0.4, 0.5) is 0 Å². The van der Waals surface area contributed by atoms with E-state index in [1.54, 1.807) is 4.90 Å². The molecule has 1 aliphatic heterocycles. The van der Waals surface area contributed by atoms with Crippen LogP contribution in [-0.2, 0) is 11.4 Å². The Bertz CT molecular complexity index is 1170. The zero-order chi connectivity index (χ0) is 21.8. The van der Waals surface area contributed by atoms with Crippen LogP contribution >= 0.6 is 24.0 Å². The molecule has 6 heteroatoms. The van der Waals surface area contributed by atoms with Gasteiger partial charge in [-0.2, -0.15) is 0 Å². The molecule has 1 fully saturated rings. The molecule has 1 saturated heterocycles. The second kappa shape index (κ2) is 9.54. The smallest absolute Gasteiger partial charge is 0.266 e. The second-order valence-corrected chi connectivity index (χ2v) is 8.67. The highest BCUT2D eigenvalue weighted by Gasteiger charge is 2.30. The minimum Gasteiger partial charge on any atom is -0.490 e. The summed E-state index contributed by atoms with van der Waals surface area (Å²) in [6, 6.07) is 20.2. The number of hydrogen-bond donors (Lipinski definition) is 0. The van der Waals surface area contributed by atoms with Crippen molar-refractivity contribution in [1.82, 2.24) is 4.90 Å².